The van der Waals surface area contributed by atoms with Gasteiger partial charge in [-0.25, -0.2) is 4.98 Å². The van der Waals surface area contributed by atoms with E-state index in [-0.39, 0.29) is 0 Å². The van der Waals surface area contributed by atoms with Gasteiger partial charge in [-0.2, -0.15) is 0 Å². The fourth-order valence-corrected chi connectivity index (χ4v) is 2.90. The fourth-order valence-electron chi connectivity index (χ4n) is 2.90. The van der Waals surface area contributed by atoms with Crippen LogP contribution in [0.5, 0.6) is 0 Å². The fraction of sp³-hybridized carbons (Fsp3) is 0.471. The van der Waals surface area contributed by atoms with Crippen LogP contribution in [0.3, 0.4) is 0 Å². The highest BCUT2D eigenvalue weighted by Gasteiger charge is 2.43. The average Bonchev–Trinajstić information content (AvgIpc) is 2.96. The van der Waals surface area contributed by atoms with Crippen LogP contribution in [-0.4, -0.2) is 21.1 Å². The molecule has 0 amide bonds. The lowest BCUT2D eigenvalue weighted by atomic mass is 10.0. The van der Waals surface area contributed by atoms with Crippen LogP contribution in [0.1, 0.15) is 30.9 Å². The smallest absolute Gasteiger partial charge is 0.0946 e. The third kappa shape index (κ3) is 3.28. The van der Waals surface area contributed by atoms with E-state index >= 15 is 0 Å². The molecule has 1 aliphatic carbocycles. The summed E-state index contributed by atoms with van der Waals surface area (Å²) in [5.74, 6) is 0. The number of hydrogen-bond donors (Lipinski definition) is 1. The van der Waals surface area contributed by atoms with Crippen molar-refractivity contribution < 1.29 is 0 Å². The SMILES string of the molecule is Cc1ccc(CC2(N[C@@H](C)Cn3ccnc3)CC2)cc1. The molecule has 106 valence electrons. The molecule has 0 bridgehead atoms. The predicted octanol–water partition coefficient (Wildman–Crippen LogP) is 2.94. The Kier molecular flexibility index (Phi) is 3.62. The summed E-state index contributed by atoms with van der Waals surface area (Å²) in [5.41, 5.74) is 3.10. The standard InChI is InChI=1S/C17H23N3/c1-14-3-5-16(6-4-14)11-17(7-8-17)19-15(2)12-20-10-9-18-13-20/h3-6,9-10,13,15,19H,7-8,11-12H2,1-2H3/t15-/m0/s1. The van der Waals surface area contributed by atoms with E-state index in [9.17, 15) is 0 Å². The Hall–Kier alpha value is -1.61. The number of aromatic nitrogens is 2. The zero-order chi connectivity index (χ0) is 14.0. The summed E-state index contributed by atoms with van der Waals surface area (Å²) in [5, 5.41) is 3.82. The van der Waals surface area contributed by atoms with E-state index in [0.29, 0.717) is 11.6 Å². The second-order valence-electron chi connectivity index (χ2n) is 6.25. The normalized spacial score (nSPS) is 17.9. The van der Waals surface area contributed by atoms with Crippen LogP contribution in [-0.2, 0) is 13.0 Å². The molecule has 0 spiro atoms. The van der Waals surface area contributed by atoms with Crippen molar-refractivity contribution in [2.45, 2.75) is 51.2 Å². The third-order valence-electron chi connectivity index (χ3n) is 4.11. The topological polar surface area (TPSA) is 29.9 Å². The highest BCUT2D eigenvalue weighted by molar-refractivity contribution is 5.25. The molecule has 1 heterocycles. The van der Waals surface area contributed by atoms with Crippen LogP contribution in [0.2, 0.25) is 0 Å². The molecular formula is C17H23N3. The first-order valence-corrected chi connectivity index (χ1v) is 7.44. The summed E-state index contributed by atoms with van der Waals surface area (Å²) in [4.78, 5) is 4.10. The van der Waals surface area contributed by atoms with Gasteiger partial charge in [0.15, 0.2) is 0 Å². The summed E-state index contributed by atoms with van der Waals surface area (Å²) in [6, 6.07) is 9.41. The Labute approximate surface area is 121 Å². The molecule has 0 saturated heterocycles. The van der Waals surface area contributed by atoms with Gasteiger partial charge in [-0.05, 0) is 38.7 Å². The second-order valence-corrected chi connectivity index (χ2v) is 6.25. The number of hydrogen-bond acceptors (Lipinski definition) is 2. The lowest BCUT2D eigenvalue weighted by Crippen LogP contribution is -2.42. The molecular weight excluding hydrogens is 246 g/mol. The molecule has 20 heavy (non-hydrogen) atoms. The van der Waals surface area contributed by atoms with E-state index in [1.54, 1.807) is 0 Å². The van der Waals surface area contributed by atoms with Gasteiger partial charge < -0.3 is 9.88 Å². The molecule has 0 radical (unpaired) electrons. The van der Waals surface area contributed by atoms with Gasteiger partial charge in [0.2, 0.25) is 0 Å². The van der Waals surface area contributed by atoms with E-state index in [0.717, 1.165) is 13.0 Å². The van der Waals surface area contributed by atoms with Gasteiger partial charge in [0.1, 0.15) is 0 Å². The Bertz CT molecular complexity index is 538. The zero-order valence-corrected chi connectivity index (χ0v) is 12.3. The van der Waals surface area contributed by atoms with Crippen LogP contribution in [0.15, 0.2) is 43.0 Å². The maximum Gasteiger partial charge on any atom is 0.0946 e. The Morgan fingerprint density at radius 3 is 2.65 bits per heavy atom. The first-order valence-electron chi connectivity index (χ1n) is 7.44. The monoisotopic (exact) mass is 269 g/mol. The first kappa shape index (κ1) is 13.4. The summed E-state index contributed by atoms with van der Waals surface area (Å²) < 4.78 is 2.14. The van der Waals surface area contributed by atoms with Crippen molar-refractivity contribution in [3.8, 4) is 0 Å². The Balaban J connectivity index is 1.57. The lowest BCUT2D eigenvalue weighted by molar-refractivity contribution is 0.391. The van der Waals surface area contributed by atoms with Crippen molar-refractivity contribution in [3.63, 3.8) is 0 Å². The van der Waals surface area contributed by atoms with E-state index in [2.05, 4.69) is 53.0 Å². The minimum atomic E-state index is 0.329. The maximum absolute atomic E-state index is 4.10. The average molecular weight is 269 g/mol. The molecule has 3 heteroatoms. The van der Waals surface area contributed by atoms with Crippen LogP contribution in [0.25, 0.3) is 0 Å². The van der Waals surface area contributed by atoms with Gasteiger partial charge in [-0.1, -0.05) is 29.8 Å². The Morgan fingerprint density at radius 1 is 1.30 bits per heavy atom. The van der Waals surface area contributed by atoms with Crippen LogP contribution in [0, 0.1) is 6.92 Å². The van der Waals surface area contributed by atoms with Crippen molar-refractivity contribution in [1.29, 1.82) is 0 Å². The minimum Gasteiger partial charge on any atom is -0.336 e. The highest BCUT2D eigenvalue weighted by Crippen LogP contribution is 2.39. The molecule has 2 aromatic rings. The van der Waals surface area contributed by atoms with Crippen LogP contribution in [0.4, 0.5) is 0 Å². The molecule has 3 rings (SSSR count). The van der Waals surface area contributed by atoms with Crippen molar-refractivity contribution in [2.24, 2.45) is 0 Å². The lowest BCUT2D eigenvalue weighted by Gasteiger charge is -2.23. The second kappa shape index (κ2) is 5.41. The van der Waals surface area contributed by atoms with E-state index in [1.807, 2.05) is 18.7 Å². The number of benzene rings is 1. The minimum absolute atomic E-state index is 0.329. The van der Waals surface area contributed by atoms with E-state index < -0.39 is 0 Å². The summed E-state index contributed by atoms with van der Waals surface area (Å²) in [6.07, 6.45) is 9.47. The largest absolute Gasteiger partial charge is 0.336 e. The van der Waals surface area contributed by atoms with Gasteiger partial charge in [-0.3, -0.25) is 0 Å². The molecule has 1 aromatic carbocycles. The van der Waals surface area contributed by atoms with Crippen molar-refractivity contribution >= 4 is 0 Å². The Morgan fingerprint density at radius 2 is 2.05 bits per heavy atom. The maximum atomic E-state index is 4.10. The van der Waals surface area contributed by atoms with Gasteiger partial charge in [0.25, 0.3) is 0 Å². The van der Waals surface area contributed by atoms with E-state index in [4.69, 9.17) is 0 Å². The molecule has 1 aromatic heterocycles. The third-order valence-corrected chi connectivity index (χ3v) is 4.11. The number of imidazole rings is 1. The highest BCUT2D eigenvalue weighted by atomic mass is 15.1. The molecule has 0 unspecified atom stereocenters. The molecule has 3 nitrogen and oxygen atoms in total. The van der Waals surface area contributed by atoms with Crippen LogP contribution < -0.4 is 5.32 Å². The molecule has 1 fully saturated rings. The van der Waals surface area contributed by atoms with Crippen molar-refractivity contribution in [2.75, 3.05) is 0 Å². The van der Waals surface area contributed by atoms with Crippen LogP contribution >= 0.6 is 0 Å². The molecule has 1 N–H and O–H groups in total. The number of nitrogens with one attached hydrogen (secondary N) is 1. The van der Waals surface area contributed by atoms with E-state index in [1.165, 1.54) is 24.0 Å². The summed E-state index contributed by atoms with van der Waals surface area (Å²) in [7, 11) is 0. The van der Waals surface area contributed by atoms with Gasteiger partial charge in [0, 0.05) is 30.5 Å². The zero-order valence-electron chi connectivity index (χ0n) is 12.3. The first-order chi connectivity index (χ1) is 9.65. The van der Waals surface area contributed by atoms with Crippen molar-refractivity contribution in [1.82, 2.24) is 14.9 Å². The number of rotatable bonds is 6. The molecule has 0 aliphatic heterocycles. The van der Waals surface area contributed by atoms with Gasteiger partial charge in [0.05, 0.1) is 6.33 Å². The summed E-state index contributed by atoms with van der Waals surface area (Å²) >= 11 is 0. The number of aryl methyl sites for hydroxylation is 1. The molecule has 1 aliphatic rings. The quantitative estimate of drug-likeness (QED) is 0.874. The van der Waals surface area contributed by atoms with Gasteiger partial charge in [-0.15, -0.1) is 0 Å². The molecule has 1 saturated carbocycles. The van der Waals surface area contributed by atoms with Gasteiger partial charge >= 0.3 is 0 Å². The van der Waals surface area contributed by atoms with Crippen molar-refractivity contribution in [3.05, 3.63) is 54.1 Å². The number of nitrogens with zero attached hydrogens (tertiary/aromatic N) is 2. The molecule has 1 atom stereocenters. The predicted molar refractivity (Wildman–Crippen MR) is 81.7 cm³/mol. The summed E-state index contributed by atoms with van der Waals surface area (Å²) in [6.45, 7) is 5.38.